The van der Waals surface area contributed by atoms with Crippen molar-refractivity contribution in [3.05, 3.63) is 23.8 Å². The van der Waals surface area contributed by atoms with E-state index in [0.29, 0.717) is 18.0 Å². The van der Waals surface area contributed by atoms with E-state index in [2.05, 4.69) is 21.9 Å². The minimum atomic E-state index is -0.991. The molecule has 1 aromatic heterocycles. The van der Waals surface area contributed by atoms with Gasteiger partial charge in [-0.3, -0.25) is 4.98 Å². The summed E-state index contributed by atoms with van der Waals surface area (Å²) in [7, 11) is 2.08. The van der Waals surface area contributed by atoms with Gasteiger partial charge in [-0.05, 0) is 32.4 Å². The number of carboxylic acid groups (broad SMARTS) is 1. The van der Waals surface area contributed by atoms with Crippen molar-refractivity contribution in [3.63, 3.8) is 0 Å². The second-order valence-electron chi connectivity index (χ2n) is 4.28. The topological polar surface area (TPSA) is 66.3 Å². The van der Waals surface area contributed by atoms with Crippen LogP contribution < -0.4 is 0 Å². The number of aromatic nitrogens is 2. The highest BCUT2D eigenvalue weighted by Crippen LogP contribution is 2.19. The fourth-order valence-electron chi connectivity index (χ4n) is 2.16. The van der Waals surface area contributed by atoms with Crippen LogP contribution in [0.5, 0.6) is 0 Å². The van der Waals surface area contributed by atoms with E-state index in [1.54, 1.807) is 6.20 Å². The average molecular weight is 221 g/mol. The summed E-state index contributed by atoms with van der Waals surface area (Å²) in [6.07, 6.45) is 4.79. The highest BCUT2D eigenvalue weighted by atomic mass is 16.4. The molecular formula is C11H15N3O2. The molecule has 1 aliphatic rings. The van der Waals surface area contributed by atoms with Gasteiger partial charge in [-0.1, -0.05) is 0 Å². The van der Waals surface area contributed by atoms with E-state index in [4.69, 9.17) is 5.11 Å². The molecule has 0 bridgehead atoms. The largest absolute Gasteiger partial charge is 0.476 e. The van der Waals surface area contributed by atoms with Gasteiger partial charge in [0.25, 0.3) is 0 Å². The molecule has 1 N–H and O–H groups in total. The van der Waals surface area contributed by atoms with E-state index in [1.807, 2.05) is 0 Å². The van der Waals surface area contributed by atoms with Crippen LogP contribution in [0.1, 0.15) is 22.6 Å². The first-order valence-electron chi connectivity index (χ1n) is 5.38. The van der Waals surface area contributed by atoms with Crippen LogP contribution in [-0.4, -0.2) is 46.1 Å². The summed E-state index contributed by atoms with van der Waals surface area (Å²) >= 11 is 0. The first kappa shape index (κ1) is 11.0. The van der Waals surface area contributed by atoms with E-state index in [9.17, 15) is 4.79 Å². The molecule has 0 spiro atoms. The molecule has 16 heavy (non-hydrogen) atoms. The molecule has 0 aromatic carbocycles. The normalized spacial score (nSPS) is 21.2. The Morgan fingerprint density at radius 3 is 2.94 bits per heavy atom. The molecule has 1 fully saturated rings. The Balaban J connectivity index is 2.12. The molecule has 1 saturated heterocycles. The van der Waals surface area contributed by atoms with Crippen molar-refractivity contribution < 1.29 is 9.90 Å². The molecule has 1 atom stereocenters. The molecule has 1 unspecified atom stereocenters. The maximum absolute atomic E-state index is 10.9. The lowest BCUT2D eigenvalue weighted by Gasteiger charge is -2.10. The van der Waals surface area contributed by atoms with Crippen LogP contribution in [0.3, 0.4) is 0 Å². The van der Waals surface area contributed by atoms with Crippen LogP contribution in [0.2, 0.25) is 0 Å². The van der Waals surface area contributed by atoms with Gasteiger partial charge in [-0.15, -0.1) is 0 Å². The van der Waals surface area contributed by atoms with Crippen molar-refractivity contribution in [2.75, 3.05) is 20.1 Å². The van der Waals surface area contributed by atoms with Crippen molar-refractivity contribution in [2.45, 2.75) is 12.8 Å². The molecule has 5 nitrogen and oxygen atoms in total. The quantitative estimate of drug-likeness (QED) is 0.812. The number of rotatable bonds is 3. The highest BCUT2D eigenvalue weighted by Gasteiger charge is 2.23. The summed E-state index contributed by atoms with van der Waals surface area (Å²) in [5, 5.41) is 8.98. The third-order valence-corrected chi connectivity index (χ3v) is 2.95. The second kappa shape index (κ2) is 4.57. The van der Waals surface area contributed by atoms with E-state index in [0.717, 1.165) is 19.5 Å². The first-order chi connectivity index (χ1) is 7.66. The molecule has 0 aliphatic carbocycles. The molecule has 2 heterocycles. The van der Waals surface area contributed by atoms with Gasteiger partial charge in [0.2, 0.25) is 0 Å². The van der Waals surface area contributed by atoms with Crippen LogP contribution in [0.4, 0.5) is 0 Å². The maximum atomic E-state index is 10.9. The number of aromatic carboxylic acids is 1. The number of hydrogen-bond donors (Lipinski definition) is 1. The smallest absolute Gasteiger partial charge is 0.356 e. The molecule has 0 amide bonds. The lowest BCUT2D eigenvalue weighted by Crippen LogP contribution is -2.17. The van der Waals surface area contributed by atoms with Crippen LogP contribution >= 0.6 is 0 Å². The Kier molecular flexibility index (Phi) is 3.14. The lowest BCUT2D eigenvalue weighted by atomic mass is 10.0. The van der Waals surface area contributed by atoms with Gasteiger partial charge in [0, 0.05) is 18.9 Å². The monoisotopic (exact) mass is 221 g/mol. The number of hydrogen-bond acceptors (Lipinski definition) is 4. The van der Waals surface area contributed by atoms with E-state index >= 15 is 0 Å². The molecule has 1 aliphatic heterocycles. The Morgan fingerprint density at radius 2 is 2.31 bits per heavy atom. The summed E-state index contributed by atoms with van der Waals surface area (Å²) in [6, 6.07) is 0. The van der Waals surface area contributed by atoms with E-state index in [-0.39, 0.29) is 5.69 Å². The van der Waals surface area contributed by atoms with E-state index in [1.165, 1.54) is 6.20 Å². The molecule has 86 valence electrons. The number of likely N-dealkylation sites (tertiary alicyclic amines) is 1. The van der Waals surface area contributed by atoms with E-state index < -0.39 is 5.97 Å². The molecule has 0 radical (unpaired) electrons. The van der Waals surface area contributed by atoms with Gasteiger partial charge < -0.3 is 10.0 Å². The summed E-state index contributed by atoms with van der Waals surface area (Å²) < 4.78 is 0. The lowest BCUT2D eigenvalue weighted by molar-refractivity contribution is 0.0688. The van der Waals surface area contributed by atoms with Crippen LogP contribution in [0.15, 0.2) is 12.4 Å². The van der Waals surface area contributed by atoms with Gasteiger partial charge in [0.1, 0.15) is 0 Å². The van der Waals surface area contributed by atoms with Crippen molar-refractivity contribution >= 4 is 5.97 Å². The van der Waals surface area contributed by atoms with Crippen molar-refractivity contribution in [1.82, 2.24) is 14.9 Å². The Morgan fingerprint density at radius 1 is 1.56 bits per heavy atom. The minimum absolute atomic E-state index is 0.0945. The van der Waals surface area contributed by atoms with Gasteiger partial charge in [0.05, 0.1) is 5.69 Å². The van der Waals surface area contributed by atoms with Gasteiger partial charge in [-0.2, -0.15) is 0 Å². The SMILES string of the molecule is CN1CCC(Cc2nccnc2C(=O)O)C1. The Hall–Kier alpha value is -1.49. The minimum Gasteiger partial charge on any atom is -0.476 e. The molecule has 5 heteroatoms. The zero-order chi connectivity index (χ0) is 11.5. The summed E-state index contributed by atoms with van der Waals surface area (Å²) in [4.78, 5) is 21.2. The Labute approximate surface area is 94.1 Å². The average Bonchev–Trinajstić information content (AvgIpc) is 2.64. The molecule has 1 aromatic rings. The third-order valence-electron chi connectivity index (χ3n) is 2.95. The van der Waals surface area contributed by atoms with Crippen LogP contribution in [0, 0.1) is 5.92 Å². The molecule has 0 saturated carbocycles. The van der Waals surface area contributed by atoms with Gasteiger partial charge in [-0.25, -0.2) is 9.78 Å². The fraction of sp³-hybridized carbons (Fsp3) is 0.545. The van der Waals surface area contributed by atoms with Crippen LogP contribution in [-0.2, 0) is 6.42 Å². The van der Waals surface area contributed by atoms with Gasteiger partial charge in [0.15, 0.2) is 5.69 Å². The molecular weight excluding hydrogens is 206 g/mol. The number of carbonyl (C=O) groups is 1. The fourth-order valence-corrected chi connectivity index (χ4v) is 2.16. The summed E-state index contributed by atoms with van der Waals surface area (Å²) in [6.45, 7) is 2.09. The predicted octanol–water partition coefficient (Wildman–Crippen LogP) is 0.669. The zero-order valence-corrected chi connectivity index (χ0v) is 9.26. The van der Waals surface area contributed by atoms with Crippen molar-refractivity contribution in [3.8, 4) is 0 Å². The van der Waals surface area contributed by atoms with Crippen molar-refractivity contribution in [2.24, 2.45) is 5.92 Å². The van der Waals surface area contributed by atoms with Crippen LogP contribution in [0.25, 0.3) is 0 Å². The van der Waals surface area contributed by atoms with Gasteiger partial charge >= 0.3 is 5.97 Å². The highest BCUT2D eigenvalue weighted by molar-refractivity contribution is 5.86. The maximum Gasteiger partial charge on any atom is 0.356 e. The summed E-state index contributed by atoms with van der Waals surface area (Å²) in [5.74, 6) is -0.491. The standard InChI is InChI=1S/C11H15N3O2/c1-14-5-2-8(7-14)6-9-10(11(15)16)13-4-3-12-9/h3-4,8H,2,5-7H2,1H3,(H,15,16). The summed E-state index contributed by atoms with van der Waals surface area (Å²) in [5.41, 5.74) is 0.701. The Bertz CT molecular complexity index is 395. The second-order valence-corrected chi connectivity index (χ2v) is 4.28. The zero-order valence-electron chi connectivity index (χ0n) is 9.26. The molecule has 2 rings (SSSR count). The van der Waals surface area contributed by atoms with Crippen molar-refractivity contribution in [1.29, 1.82) is 0 Å². The number of carboxylic acids is 1. The predicted molar refractivity (Wildman–Crippen MR) is 58.3 cm³/mol. The number of nitrogens with zero attached hydrogens (tertiary/aromatic N) is 3. The first-order valence-corrected chi connectivity index (χ1v) is 5.38. The third kappa shape index (κ3) is 2.36.